The summed E-state index contributed by atoms with van der Waals surface area (Å²) >= 11 is 0. The van der Waals surface area contributed by atoms with Gasteiger partial charge in [-0.1, -0.05) is 6.07 Å². The van der Waals surface area contributed by atoms with E-state index in [1.165, 1.54) is 0 Å². The number of hydrogen-bond donors (Lipinski definition) is 2. The summed E-state index contributed by atoms with van der Waals surface area (Å²) < 4.78 is 0. The highest BCUT2D eigenvalue weighted by Crippen LogP contribution is 2.22. The van der Waals surface area contributed by atoms with Crippen LogP contribution in [0.15, 0.2) is 18.2 Å². The molecule has 0 radical (unpaired) electrons. The number of aliphatic hydroxyl groups is 1. The third-order valence-corrected chi connectivity index (χ3v) is 2.68. The fourth-order valence-electron chi connectivity index (χ4n) is 1.88. The van der Waals surface area contributed by atoms with E-state index in [2.05, 4.69) is 10.3 Å². The number of hydrogen-bond acceptors (Lipinski definition) is 4. The zero-order valence-corrected chi connectivity index (χ0v) is 8.35. The van der Waals surface area contributed by atoms with Crippen LogP contribution in [0.2, 0.25) is 0 Å². The van der Waals surface area contributed by atoms with Crippen molar-refractivity contribution >= 4 is 5.82 Å². The van der Waals surface area contributed by atoms with E-state index in [9.17, 15) is 5.11 Å². The molecule has 0 amide bonds. The molecule has 4 heteroatoms. The third-order valence-electron chi connectivity index (χ3n) is 2.68. The average molecular weight is 203 g/mol. The summed E-state index contributed by atoms with van der Waals surface area (Å²) in [6.45, 7) is 0. The van der Waals surface area contributed by atoms with Crippen LogP contribution in [0.3, 0.4) is 0 Å². The Bertz CT molecular complexity index is 386. The van der Waals surface area contributed by atoms with Gasteiger partial charge in [0, 0.05) is 0 Å². The molecule has 2 N–H and O–H groups in total. The number of nitrogens with one attached hydrogen (secondary N) is 1. The lowest BCUT2D eigenvalue weighted by atomic mass is 10.2. The van der Waals surface area contributed by atoms with Crippen LogP contribution in [-0.2, 0) is 0 Å². The van der Waals surface area contributed by atoms with Crippen molar-refractivity contribution in [1.82, 2.24) is 4.98 Å². The van der Waals surface area contributed by atoms with E-state index in [-0.39, 0.29) is 12.1 Å². The van der Waals surface area contributed by atoms with Crippen molar-refractivity contribution in [3.8, 4) is 6.07 Å². The van der Waals surface area contributed by atoms with E-state index in [4.69, 9.17) is 5.26 Å². The fourth-order valence-corrected chi connectivity index (χ4v) is 1.88. The second kappa shape index (κ2) is 4.28. The van der Waals surface area contributed by atoms with Gasteiger partial charge >= 0.3 is 0 Å². The molecule has 0 bridgehead atoms. The number of nitrogens with zero attached hydrogens (tertiary/aromatic N) is 2. The summed E-state index contributed by atoms with van der Waals surface area (Å²) in [5, 5.41) is 21.5. The van der Waals surface area contributed by atoms with E-state index < -0.39 is 0 Å². The van der Waals surface area contributed by atoms with E-state index in [1.54, 1.807) is 12.1 Å². The summed E-state index contributed by atoms with van der Waals surface area (Å²) in [6, 6.07) is 7.33. The maximum absolute atomic E-state index is 9.62. The smallest absolute Gasteiger partial charge is 0.142 e. The highest BCUT2D eigenvalue weighted by atomic mass is 16.3. The molecule has 1 aromatic heterocycles. The molecular weight excluding hydrogens is 190 g/mol. The van der Waals surface area contributed by atoms with Gasteiger partial charge in [-0.2, -0.15) is 5.26 Å². The first-order valence-corrected chi connectivity index (χ1v) is 5.11. The van der Waals surface area contributed by atoms with Crippen molar-refractivity contribution in [1.29, 1.82) is 5.26 Å². The molecule has 1 aromatic rings. The molecule has 1 fully saturated rings. The Hall–Kier alpha value is -1.60. The van der Waals surface area contributed by atoms with Gasteiger partial charge in [-0.3, -0.25) is 0 Å². The Balaban J connectivity index is 2.07. The van der Waals surface area contributed by atoms with E-state index >= 15 is 0 Å². The number of rotatable bonds is 2. The van der Waals surface area contributed by atoms with Gasteiger partial charge in [-0.25, -0.2) is 4.98 Å². The topological polar surface area (TPSA) is 68.9 Å². The summed E-state index contributed by atoms with van der Waals surface area (Å²) in [6.07, 6.45) is 2.55. The molecule has 78 valence electrons. The Kier molecular flexibility index (Phi) is 2.84. The average Bonchev–Trinajstić information content (AvgIpc) is 2.65. The van der Waals surface area contributed by atoms with Gasteiger partial charge < -0.3 is 10.4 Å². The lowest BCUT2D eigenvalue weighted by Gasteiger charge is -2.16. The molecule has 0 spiro atoms. The van der Waals surface area contributed by atoms with Crippen LogP contribution in [0.1, 0.15) is 25.0 Å². The van der Waals surface area contributed by atoms with Crippen LogP contribution in [0.25, 0.3) is 0 Å². The molecule has 4 nitrogen and oxygen atoms in total. The van der Waals surface area contributed by atoms with Crippen molar-refractivity contribution in [3.63, 3.8) is 0 Å². The lowest BCUT2D eigenvalue weighted by molar-refractivity contribution is 0.171. The third kappa shape index (κ3) is 2.25. The molecule has 2 atom stereocenters. The van der Waals surface area contributed by atoms with Gasteiger partial charge in [0.05, 0.1) is 12.1 Å². The Morgan fingerprint density at radius 2 is 2.33 bits per heavy atom. The Labute approximate surface area is 88.6 Å². The van der Waals surface area contributed by atoms with Crippen LogP contribution < -0.4 is 5.32 Å². The van der Waals surface area contributed by atoms with Crippen LogP contribution in [-0.4, -0.2) is 22.2 Å². The number of pyridine rings is 1. The van der Waals surface area contributed by atoms with Gasteiger partial charge in [0.2, 0.25) is 0 Å². The molecule has 1 heterocycles. The first-order chi connectivity index (χ1) is 7.29. The highest BCUT2D eigenvalue weighted by molar-refractivity contribution is 5.39. The van der Waals surface area contributed by atoms with Gasteiger partial charge in [0.1, 0.15) is 17.6 Å². The molecule has 1 aliphatic carbocycles. The molecule has 0 saturated heterocycles. The normalized spacial score (nSPS) is 24.8. The minimum Gasteiger partial charge on any atom is -0.391 e. The van der Waals surface area contributed by atoms with Crippen LogP contribution >= 0.6 is 0 Å². The minimum atomic E-state index is -0.294. The highest BCUT2D eigenvalue weighted by Gasteiger charge is 2.25. The van der Waals surface area contributed by atoms with Crippen molar-refractivity contribution < 1.29 is 5.11 Å². The van der Waals surface area contributed by atoms with Gasteiger partial charge in [0.25, 0.3) is 0 Å². The second-order valence-electron chi connectivity index (χ2n) is 3.77. The maximum atomic E-state index is 9.62. The van der Waals surface area contributed by atoms with Crippen LogP contribution in [0, 0.1) is 11.3 Å². The van der Waals surface area contributed by atoms with Gasteiger partial charge in [0.15, 0.2) is 0 Å². The van der Waals surface area contributed by atoms with E-state index in [1.807, 2.05) is 12.1 Å². The zero-order valence-electron chi connectivity index (χ0n) is 8.35. The Morgan fingerprint density at radius 1 is 1.47 bits per heavy atom. The largest absolute Gasteiger partial charge is 0.391 e. The van der Waals surface area contributed by atoms with Crippen molar-refractivity contribution in [2.24, 2.45) is 0 Å². The maximum Gasteiger partial charge on any atom is 0.142 e. The molecule has 1 saturated carbocycles. The minimum absolute atomic E-state index is 0.0754. The Morgan fingerprint density at radius 3 is 3.00 bits per heavy atom. The summed E-state index contributed by atoms with van der Waals surface area (Å²) in [4.78, 5) is 4.11. The molecule has 2 unspecified atom stereocenters. The first kappa shape index (κ1) is 9.94. The van der Waals surface area contributed by atoms with Gasteiger partial charge in [-0.15, -0.1) is 0 Å². The molecule has 1 aliphatic rings. The van der Waals surface area contributed by atoms with Crippen molar-refractivity contribution in [3.05, 3.63) is 23.9 Å². The van der Waals surface area contributed by atoms with E-state index in [0.29, 0.717) is 11.5 Å². The zero-order chi connectivity index (χ0) is 10.7. The standard InChI is InChI=1S/C11H13N3O/c12-7-8-3-1-6-11(13-8)14-9-4-2-5-10(9)15/h1,3,6,9-10,15H,2,4-5H2,(H,13,14). The van der Waals surface area contributed by atoms with E-state index in [0.717, 1.165) is 19.3 Å². The summed E-state index contributed by atoms with van der Waals surface area (Å²) in [5.41, 5.74) is 0.396. The predicted molar refractivity (Wildman–Crippen MR) is 56.2 cm³/mol. The number of aromatic nitrogens is 1. The summed E-state index contributed by atoms with van der Waals surface area (Å²) in [7, 11) is 0. The number of anilines is 1. The van der Waals surface area contributed by atoms with Crippen LogP contribution in [0.5, 0.6) is 0 Å². The molecular formula is C11H13N3O. The molecule has 0 aliphatic heterocycles. The fraction of sp³-hybridized carbons (Fsp3) is 0.455. The first-order valence-electron chi connectivity index (χ1n) is 5.11. The number of aliphatic hydroxyl groups excluding tert-OH is 1. The SMILES string of the molecule is N#Cc1cccc(NC2CCCC2O)n1. The second-order valence-corrected chi connectivity index (χ2v) is 3.77. The molecule has 2 rings (SSSR count). The molecule has 15 heavy (non-hydrogen) atoms. The molecule has 0 aromatic carbocycles. The number of nitriles is 1. The predicted octanol–water partition coefficient (Wildman–Crippen LogP) is 1.28. The monoisotopic (exact) mass is 203 g/mol. The van der Waals surface area contributed by atoms with Crippen LogP contribution in [0.4, 0.5) is 5.82 Å². The summed E-state index contributed by atoms with van der Waals surface area (Å²) in [5.74, 6) is 0.667. The van der Waals surface area contributed by atoms with Crippen molar-refractivity contribution in [2.45, 2.75) is 31.4 Å². The lowest BCUT2D eigenvalue weighted by Crippen LogP contribution is -2.28. The quantitative estimate of drug-likeness (QED) is 0.759. The van der Waals surface area contributed by atoms with Gasteiger partial charge in [-0.05, 0) is 31.4 Å². The van der Waals surface area contributed by atoms with Crippen molar-refractivity contribution in [2.75, 3.05) is 5.32 Å².